The zero-order valence-corrected chi connectivity index (χ0v) is 23.5. The molecule has 1 aliphatic heterocycles. The van der Waals surface area contributed by atoms with Crippen LogP contribution in [0.5, 0.6) is 5.75 Å². The van der Waals surface area contributed by atoms with Crippen molar-refractivity contribution in [2.75, 3.05) is 20.3 Å². The van der Waals surface area contributed by atoms with Gasteiger partial charge < -0.3 is 31.2 Å². The van der Waals surface area contributed by atoms with Gasteiger partial charge >= 0.3 is 0 Å². The fourth-order valence-corrected chi connectivity index (χ4v) is 5.33. The van der Waals surface area contributed by atoms with E-state index in [0.717, 1.165) is 48.8 Å². The van der Waals surface area contributed by atoms with Gasteiger partial charge in [-0.3, -0.25) is 14.4 Å². The molecule has 9 nitrogen and oxygen atoms in total. The van der Waals surface area contributed by atoms with Crippen molar-refractivity contribution in [2.45, 2.75) is 69.7 Å². The highest BCUT2D eigenvalue weighted by Crippen LogP contribution is 2.42. The molecule has 0 radical (unpaired) electrons. The Labute approximate surface area is 235 Å². The van der Waals surface area contributed by atoms with Crippen LogP contribution in [0.15, 0.2) is 60.2 Å². The Balaban J connectivity index is 1.55. The third-order valence-corrected chi connectivity index (χ3v) is 7.59. The normalized spacial score (nSPS) is 17.4. The fraction of sp³-hybridized carbons (Fsp3) is 0.452. The van der Waals surface area contributed by atoms with E-state index in [4.69, 9.17) is 15.2 Å². The number of hydrogen-bond donors (Lipinski definition) is 4. The lowest BCUT2D eigenvalue weighted by atomic mass is 9.76. The molecule has 1 saturated carbocycles. The van der Waals surface area contributed by atoms with Crippen LogP contribution >= 0.6 is 0 Å². The molecule has 1 heterocycles. The summed E-state index contributed by atoms with van der Waals surface area (Å²) in [5.74, 6) is -0.313. The lowest BCUT2D eigenvalue weighted by molar-refractivity contribution is -0.132. The van der Waals surface area contributed by atoms with Crippen molar-refractivity contribution in [1.29, 1.82) is 0 Å². The molecule has 2 aromatic carbocycles. The Bertz CT molecular complexity index is 1230. The van der Waals surface area contributed by atoms with Crippen molar-refractivity contribution in [3.05, 3.63) is 71.3 Å². The van der Waals surface area contributed by atoms with E-state index in [1.807, 2.05) is 54.6 Å². The number of hydrogen-bond acceptors (Lipinski definition) is 6. The number of carbonyl (C=O) groups is 3. The second-order valence-corrected chi connectivity index (χ2v) is 11.1. The summed E-state index contributed by atoms with van der Waals surface area (Å²) in [6, 6.07) is 16.0. The minimum absolute atomic E-state index is 0.0325. The summed E-state index contributed by atoms with van der Waals surface area (Å²) in [5, 5.41) is 8.98. The summed E-state index contributed by atoms with van der Waals surface area (Å²) in [6.07, 6.45) is 4.71. The van der Waals surface area contributed by atoms with Gasteiger partial charge in [0.2, 0.25) is 11.8 Å². The van der Waals surface area contributed by atoms with Crippen LogP contribution in [0.25, 0.3) is 5.57 Å². The maximum Gasteiger partial charge on any atom is 0.252 e. The molecular formula is C31H40N4O5. The van der Waals surface area contributed by atoms with Gasteiger partial charge in [-0.05, 0) is 55.5 Å². The van der Waals surface area contributed by atoms with Crippen LogP contribution in [0.3, 0.4) is 0 Å². The number of rotatable bonds is 11. The topological polar surface area (TPSA) is 132 Å². The van der Waals surface area contributed by atoms with Crippen LogP contribution in [0.4, 0.5) is 0 Å². The third kappa shape index (κ3) is 6.89. The number of carbonyl (C=O) groups excluding carboxylic acids is 3. The predicted octanol–water partition coefficient (Wildman–Crippen LogP) is 2.84. The van der Waals surface area contributed by atoms with Crippen molar-refractivity contribution in [2.24, 2.45) is 5.73 Å². The van der Waals surface area contributed by atoms with Gasteiger partial charge in [0.05, 0.1) is 31.4 Å². The Morgan fingerprint density at radius 2 is 1.73 bits per heavy atom. The van der Waals surface area contributed by atoms with Crippen molar-refractivity contribution in [3.8, 4) is 5.75 Å². The molecule has 0 unspecified atom stereocenters. The largest absolute Gasteiger partial charge is 0.497 e. The molecule has 1 aliphatic carbocycles. The summed E-state index contributed by atoms with van der Waals surface area (Å²) in [7, 11) is 1.60. The number of amides is 3. The smallest absolute Gasteiger partial charge is 0.252 e. The van der Waals surface area contributed by atoms with E-state index in [1.54, 1.807) is 21.0 Å². The molecule has 0 bridgehead atoms. The second kappa shape index (κ2) is 12.7. The molecule has 5 N–H and O–H groups in total. The Kier molecular flexibility index (Phi) is 9.27. The van der Waals surface area contributed by atoms with Crippen LogP contribution in [0.1, 0.15) is 57.1 Å². The lowest BCUT2D eigenvalue weighted by Crippen LogP contribution is -2.57. The van der Waals surface area contributed by atoms with Gasteiger partial charge in [0.25, 0.3) is 5.91 Å². The van der Waals surface area contributed by atoms with Crippen molar-refractivity contribution in [3.63, 3.8) is 0 Å². The SMILES string of the molecule is COc1ccc(C2=C(CNC(=O)[C@@H](COCc3ccccc3)NC(=O)C(C)(C)N)C3(CCCCC3)NC2=O)cc1. The van der Waals surface area contributed by atoms with Gasteiger partial charge in [-0.1, -0.05) is 61.7 Å². The molecule has 1 spiro atoms. The Hall–Kier alpha value is -3.69. The molecule has 9 heteroatoms. The summed E-state index contributed by atoms with van der Waals surface area (Å²) in [6.45, 7) is 3.58. The standard InChI is InChI=1S/C31H40N4O5/c1-30(2,32)29(38)34-25(20-40-19-21-10-6-4-7-11-21)27(36)33-18-24-26(22-12-14-23(39-3)15-13-22)28(37)35-31(24)16-8-5-9-17-31/h4,6-7,10-15,25H,5,8-9,16-20,32H2,1-3H3,(H,33,36)(H,34,38)(H,35,37)/t25-/m1/s1. The molecule has 0 saturated heterocycles. The number of nitrogens with two attached hydrogens (primary N) is 1. The van der Waals surface area contributed by atoms with Crippen molar-refractivity contribution < 1.29 is 23.9 Å². The summed E-state index contributed by atoms with van der Waals surface area (Å²) in [5.41, 5.74) is 7.48. The van der Waals surface area contributed by atoms with E-state index in [2.05, 4.69) is 16.0 Å². The number of ether oxygens (including phenoxy) is 2. The van der Waals surface area contributed by atoms with Gasteiger partial charge in [-0.25, -0.2) is 0 Å². The Morgan fingerprint density at radius 3 is 2.35 bits per heavy atom. The van der Waals surface area contributed by atoms with E-state index < -0.39 is 28.9 Å². The number of nitrogens with one attached hydrogen (secondary N) is 3. The van der Waals surface area contributed by atoms with Gasteiger partial charge in [0, 0.05) is 12.1 Å². The van der Waals surface area contributed by atoms with Crippen molar-refractivity contribution >= 4 is 23.3 Å². The fourth-order valence-electron chi connectivity index (χ4n) is 5.33. The summed E-state index contributed by atoms with van der Waals surface area (Å²) < 4.78 is 11.1. The average Bonchev–Trinajstić information content (AvgIpc) is 3.21. The first-order valence-corrected chi connectivity index (χ1v) is 13.8. The average molecular weight is 549 g/mol. The summed E-state index contributed by atoms with van der Waals surface area (Å²) >= 11 is 0. The van der Waals surface area contributed by atoms with E-state index >= 15 is 0 Å². The first-order valence-electron chi connectivity index (χ1n) is 13.8. The van der Waals surface area contributed by atoms with Crippen LogP contribution in [0, 0.1) is 0 Å². The van der Waals surface area contributed by atoms with Crippen LogP contribution < -0.4 is 26.4 Å². The molecule has 2 aromatic rings. The van der Waals surface area contributed by atoms with Gasteiger partial charge in [0.15, 0.2) is 0 Å². The maximum atomic E-state index is 13.5. The summed E-state index contributed by atoms with van der Waals surface area (Å²) in [4.78, 5) is 39.5. The van der Waals surface area contributed by atoms with E-state index in [0.29, 0.717) is 17.9 Å². The van der Waals surface area contributed by atoms with Crippen LogP contribution in [0.2, 0.25) is 0 Å². The molecule has 214 valence electrons. The number of methoxy groups -OCH3 is 1. The van der Waals surface area contributed by atoms with Gasteiger partial charge in [0.1, 0.15) is 11.8 Å². The predicted molar refractivity (Wildman–Crippen MR) is 153 cm³/mol. The molecule has 3 amide bonds. The van der Waals surface area contributed by atoms with Gasteiger partial charge in [-0.2, -0.15) is 0 Å². The molecular weight excluding hydrogens is 508 g/mol. The molecule has 4 rings (SSSR count). The highest BCUT2D eigenvalue weighted by atomic mass is 16.5. The molecule has 1 fully saturated rings. The molecule has 40 heavy (non-hydrogen) atoms. The maximum absolute atomic E-state index is 13.5. The van der Waals surface area contributed by atoms with Gasteiger partial charge in [-0.15, -0.1) is 0 Å². The third-order valence-electron chi connectivity index (χ3n) is 7.59. The van der Waals surface area contributed by atoms with E-state index in [-0.39, 0.29) is 19.1 Å². The first kappa shape index (κ1) is 29.3. The van der Waals surface area contributed by atoms with Crippen LogP contribution in [-0.4, -0.2) is 55.1 Å². The quantitative estimate of drug-likeness (QED) is 0.342. The molecule has 2 aliphatic rings. The van der Waals surface area contributed by atoms with Crippen LogP contribution in [-0.2, 0) is 25.7 Å². The minimum Gasteiger partial charge on any atom is -0.497 e. The Morgan fingerprint density at radius 1 is 1.05 bits per heavy atom. The van der Waals surface area contributed by atoms with Crippen molar-refractivity contribution in [1.82, 2.24) is 16.0 Å². The minimum atomic E-state index is -1.17. The van der Waals surface area contributed by atoms with E-state index in [9.17, 15) is 14.4 Å². The zero-order valence-electron chi connectivity index (χ0n) is 23.5. The first-order chi connectivity index (χ1) is 19.1. The number of benzene rings is 2. The monoisotopic (exact) mass is 548 g/mol. The van der Waals surface area contributed by atoms with E-state index in [1.165, 1.54) is 0 Å². The zero-order chi connectivity index (χ0) is 28.8. The lowest BCUT2D eigenvalue weighted by Gasteiger charge is -2.36. The molecule has 1 atom stereocenters. The highest BCUT2D eigenvalue weighted by Gasteiger charge is 2.45. The molecule has 0 aromatic heterocycles. The highest BCUT2D eigenvalue weighted by molar-refractivity contribution is 6.24. The second-order valence-electron chi connectivity index (χ2n) is 11.1.